The summed E-state index contributed by atoms with van der Waals surface area (Å²) >= 11 is 0. The van der Waals surface area contributed by atoms with Crippen molar-refractivity contribution in [2.75, 3.05) is 13.7 Å². The molecule has 4 rings (SSSR count). The Bertz CT molecular complexity index is 1200. The van der Waals surface area contributed by atoms with E-state index in [2.05, 4.69) is 12.0 Å². The van der Waals surface area contributed by atoms with E-state index >= 15 is 0 Å². The first kappa shape index (κ1) is 23.3. The van der Waals surface area contributed by atoms with E-state index in [4.69, 9.17) is 9.84 Å². The normalized spacial score (nSPS) is 20.0. The largest absolute Gasteiger partial charge is 0.784 e. The summed E-state index contributed by atoms with van der Waals surface area (Å²) in [7, 11) is 1.62. The molecule has 34 heavy (non-hydrogen) atoms. The molecule has 2 heterocycles. The topological polar surface area (TPSA) is 93.1 Å². The van der Waals surface area contributed by atoms with Crippen molar-refractivity contribution in [3.05, 3.63) is 93.9 Å². The van der Waals surface area contributed by atoms with Gasteiger partial charge in [-0.15, -0.1) is 0 Å². The number of ether oxygens (including phenoxy) is 1. The first-order valence-electron chi connectivity index (χ1n) is 11.0. The highest BCUT2D eigenvalue weighted by atomic mass is 16.5. The van der Waals surface area contributed by atoms with E-state index in [0.717, 1.165) is 27.5 Å². The first-order chi connectivity index (χ1) is 16.4. The van der Waals surface area contributed by atoms with E-state index in [0.29, 0.717) is 18.5 Å². The van der Waals surface area contributed by atoms with Gasteiger partial charge in [0.25, 0.3) is 0 Å². The molecule has 2 aliphatic heterocycles. The summed E-state index contributed by atoms with van der Waals surface area (Å²) in [4.78, 5) is 26.1. The van der Waals surface area contributed by atoms with E-state index in [1.54, 1.807) is 37.1 Å². The Hall–Kier alpha value is -3.86. The molecule has 0 spiro atoms. The molecular weight excluding hydrogens is 432 g/mol. The number of hydrogen-bond acceptors (Lipinski definition) is 6. The van der Waals surface area contributed by atoms with Gasteiger partial charge in [0.05, 0.1) is 25.3 Å². The summed E-state index contributed by atoms with van der Waals surface area (Å²) in [5.74, 6) is 2.70. The zero-order valence-corrected chi connectivity index (χ0v) is 19.0. The molecule has 0 saturated carbocycles. The highest BCUT2D eigenvalue weighted by Crippen LogP contribution is 2.31. The Kier molecular flexibility index (Phi) is 6.82. The van der Waals surface area contributed by atoms with Crippen molar-refractivity contribution in [1.29, 1.82) is 0 Å². The lowest BCUT2D eigenvalue weighted by molar-refractivity contribution is -0.121. The Morgan fingerprint density at radius 1 is 1.15 bits per heavy atom. The van der Waals surface area contributed by atoms with Gasteiger partial charge in [-0.05, 0) is 60.4 Å². The van der Waals surface area contributed by atoms with Gasteiger partial charge in [0, 0.05) is 30.3 Å². The Labute approximate surface area is 198 Å². The van der Waals surface area contributed by atoms with Crippen LogP contribution in [0, 0.1) is 17.2 Å². The van der Waals surface area contributed by atoms with Gasteiger partial charge < -0.3 is 25.0 Å². The molecule has 0 bridgehead atoms. The van der Waals surface area contributed by atoms with Gasteiger partial charge in [0.15, 0.2) is 5.78 Å². The zero-order valence-electron chi connectivity index (χ0n) is 19.0. The molecule has 2 unspecified atom stereocenters. The highest BCUT2D eigenvalue weighted by Gasteiger charge is 2.36. The molecule has 7 nitrogen and oxygen atoms in total. The number of ketones is 1. The van der Waals surface area contributed by atoms with Crippen molar-refractivity contribution >= 4 is 11.8 Å². The number of Topliss-reactive ketones (excluding diaryl/α,β-unsaturated/α-hetero) is 1. The Morgan fingerprint density at radius 3 is 2.47 bits per heavy atom. The lowest BCUT2D eigenvalue weighted by atomic mass is 9.85. The zero-order chi connectivity index (χ0) is 24.2. The Balaban J connectivity index is 1.46. The number of benzene rings is 2. The molecule has 2 aromatic carbocycles. The molecule has 0 saturated heterocycles. The number of carboxylic acids is 1. The molecule has 174 valence electrons. The minimum atomic E-state index is -1.02. The predicted molar refractivity (Wildman–Crippen MR) is 128 cm³/mol. The highest BCUT2D eigenvalue weighted by molar-refractivity contribution is 6.02. The third-order valence-electron chi connectivity index (χ3n) is 6.15. The van der Waals surface area contributed by atoms with E-state index in [1.165, 1.54) is 12.1 Å². The SMILES string of the molecule is COc1ccc(CC#CN2C=CC3=C(C2)C(=O)C(Cc2ccc(C(=O)O)cc2)N([O-])C3C)cc1. The number of methoxy groups -OCH3 is 1. The van der Waals surface area contributed by atoms with E-state index in [1.807, 2.05) is 30.5 Å². The average Bonchev–Trinajstić information content (AvgIpc) is 2.86. The number of rotatable bonds is 5. The summed E-state index contributed by atoms with van der Waals surface area (Å²) < 4.78 is 5.17. The number of carbonyl (C=O) groups is 2. The fourth-order valence-corrected chi connectivity index (χ4v) is 4.17. The van der Waals surface area contributed by atoms with Crippen LogP contribution >= 0.6 is 0 Å². The molecule has 0 aromatic heterocycles. The molecule has 7 heteroatoms. The number of hydrogen-bond donors (Lipinski definition) is 1. The van der Waals surface area contributed by atoms with Crippen LogP contribution in [0.15, 0.2) is 72.0 Å². The molecule has 0 amide bonds. The van der Waals surface area contributed by atoms with Gasteiger partial charge in [0.1, 0.15) is 5.75 Å². The maximum atomic E-state index is 13.3. The summed E-state index contributed by atoms with van der Waals surface area (Å²) in [5.41, 5.74) is 3.30. The second-order valence-electron chi connectivity index (χ2n) is 8.31. The van der Waals surface area contributed by atoms with Crippen LogP contribution in [0.4, 0.5) is 0 Å². The van der Waals surface area contributed by atoms with Crippen molar-refractivity contribution < 1.29 is 19.4 Å². The van der Waals surface area contributed by atoms with Crippen molar-refractivity contribution in [2.24, 2.45) is 0 Å². The number of nitrogens with zero attached hydrogens (tertiary/aromatic N) is 2. The number of hydroxylamine groups is 2. The molecular formula is C27H25N2O5-. The second-order valence-corrected chi connectivity index (χ2v) is 8.31. The van der Waals surface area contributed by atoms with Crippen LogP contribution < -0.4 is 4.74 Å². The molecule has 0 aliphatic carbocycles. The van der Waals surface area contributed by atoms with Gasteiger partial charge in [-0.1, -0.05) is 30.2 Å². The van der Waals surface area contributed by atoms with Gasteiger partial charge in [0.2, 0.25) is 0 Å². The van der Waals surface area contributed by atoms with Crippen molar-refractivity contribution in [3.8, 4) is 17.7 Å². The van der Waals surface area contributed by atoms with E-state index < -0.39 is 18.1 Å². The molecule has 0 radical (unpaired) electrons. The number of aromatic carboxylic acids is 1. The lowest BCUT2D eigenvalue weighted by Gasteiger charge is -2.47. The van der Waals surface area contributed by atoms with Gasteiger partial charge >= 0.3 is 5.97 Å². The summed E-state index contributed by atoms with van der Waals surface area (Å²) in [6, 6.07) is 15.7. The minimum Gasteiger partial charge on any atom is -0.784 e. The maximum absolute atomic E-state index is 13.3. The molecule has 2 aromatic rings. The third kappa shape index (κ3) is 4.88. The van der Waals surface area contributed by atoms with Crippen molar-refractivity contribution in [3.63, 3.8) is 0 Å². The second kappa shape index (κ2) is 9.96. The van der Waals surface area contributed by atoms with Crippen LogP contribution in [0.25, 0.3) is 0 Å². The van der Waals surface area contributed by atoms with Gasteiger partial charge in [-0.2, -0.15) is 0 Å². The van der Waals surface area contributed by atoms with Crippen molar-refractivity contribution in [2.45, 2.75) is 31.8 Å². The maximum Gasteiger partial charge on any atom is 0.335 e. The number of carboxylic acid groups (broad SMARTS) is 1. The predicted octanol–water partition coefficient (Wildman–Crippen LogP) is 3.41. The molecule has 2 atom stereocenters. The van der Waals surface area contributed by atoms with Crippen LogP contribution in [0.2, 0.25) is 0 Å². The van der Waals surface area contributed by atoms with Crippen molar-refractivity contribution in [1.82, 2.24) is 9.96 Å². The van der Waals surface area contributed by atoms with Crippen LogP contribution in [-0.2, 0) is 17.6 Å². The summed E-state index contributed by atoms with van der Waals surface area (Å²) in [5, 5.41) is 22.8. The van der Waals surface area contributed by atoms with Crippen LogP contribution in [-0.4, -0.2) is 52.6 Å². The molecule has 0 fully saturated rings. The molecule has 1 N–H and O–H groups in total. The monoisotopic (exact) mass is 457 g/mol. The van der Waals surface area contributed by atoms with E-state index in [9.17, 15) is 14.8 Å². The van der Waals surface area contributed by atoms with E-state index in [-0.39, 0.29) is 17.8 Å². The van der Waals surface area contributed by atoms with Crippen LogP contribution in [0.5, 0.6) is 5.75 Å². The number of carbonyl (C=O) groups excluding carboxylic acids is 1. The summed E-state index contributed by atoms with van der Waals surface area (Å²) in [6.07, 6.45) is 4.39. The smallest absolute Gasteiger partial charge is 0.335 e. The van der Waals surface area contributed by atoms with Gasteiger partial charge in [-0.3, -0.25) is 4.79 Å². The average molecular weight is 458 g/mol. The standard InChI is InChI=1S/C27H25N2O5/c1-18-23-13-15-28(14-3-4-19-7-11-22(34-2)12-8-19)17-24(23)26(30)25(29(18)33)16-20-5-9-21(10-6-20)27(31)32/h5-13,15,18,25H,4,16-17H2,1-2H3,(H,31,32)/q-1. The van der Waals surface area contributed by atoms with Gasteiger partial charge in [-0.25, -0.2) is 4.79 Å². The lowest BCUT2D eigenvalue weighted by Crippen LogP contribution is -2.51. The fraction of sp³-hybridized carbons (Fsp3) is 0.259. The first-order valence-corrected chi connectivity index (χ1v) is 11.0. The third-order valence-corrected chi connectivity index (χ3v) is 6.15. The molecule has 2 aliphatic rings. The van der Waals surface area contributed by atoms with Crippen LogP contribution in [0.1, 0.15) is 28.4 Å². The Morgan fingerprint density at radius 2 is 1.82 bits per heavy atom. The summed E-state index contributed by atoms with van der Waals surface area (Å²) in [6.45, 7) is 2.12. The van der Waals surface area contributed by atoms with Crippen LogP contribution in [0.3, 0.4) is 0 Å². The quantitative estimate of drug-likeness (QED) is 0.688. The fourth-order valence-electron chi connectivity index (χ4n) is 4.17. The minimum absolute atomic E-state index is 0.164.